The summed E-state index contributed by atoms with van der Waals surface area (Å²) in [6, 6.07) is 20.4. The Labute approximate surface area is 254 Å². The average Bonchev–Trinajstić information content (AvgIpc) is 2.96. The van der Waals surface area contributed by atoms with Crippen molar-refractivity contribution < 1.29 is 24.9 Å². The van der Waals surface area contributed by atoms with Crippen molar-refractivity contribution in [3.63, 3.8) is 0 Å². The van der Waals surface area contributed by atoms with Crippen LogP contribution >= 0.6 is 0 Å². The smallest absolute Gasteiger partial charge is 0.220 e. The molecular weight excluding hydrogens is 526 g/mol. The minimum atomic E-state index is 0. The number of aliphatic hydroxyl groups is 1. The van der Waals surface area contributed by atoms with Crippen LogP contribution in [-0.4, -0.2) is 28.3 Å². The van der Waals surface area contributed by atoms with E-state index >= 15 is 0 Å². The summed E-state index contributed by atoms with van der Waals surface area (Å²) in [5.41, 5.74) is 4.00. The number of phenolic OH excluding ortho intramolecular Hbond substituents is 2. The molecule has 0 unspecified atom stereocenters. The average molecular weight is 579 g/mol. The maximum absolute atomic E-state index is 11.8. The van der Waals surface area contributed by atoms with Gasteiger partial charge in [-0.1, -0.05) is 95.8 Å². The molecule has 0 spiro atoms. The maximum Gasteiger partial charge on any atom is 0.220 e. The number of carbonyl (C=O) groups excluding carboxylic acids is 1. The van der Waals surface area contributed by atoms with Gasteiger partial charge < -0.3 is 25.4 Å². The molecule has 3 aromatic carbocycles. The quantitative estimate of drug-likeness (QED) is 0.136. The van der Waals surface area contributed by atoms with Gasteiger partial charge in [-0.25, -0.2) is 0 Å². The van der Waals surface area contributed by atoms with Gasteiger partial charge in [-0.05, 0) is 78.5 Å². The molecule has 1 amide bonds. The van der Waals surface area contributed by atoms with Crippen LogP contribution in [0.15, 0.2) is 78.9 Å². The molecule has 0 heterocycles. The van der Waals surface area contributed by atoms with E-state index in [4.69, 9.17) is 9.84 Å². The Morgan fingerprint density at radius 3 is 2.14 bits per heavy atom. The van der Waals surface area contributed by atoms with Crippen molar-refractivity contribution in [2.24, 2.45) is 5.92 Å². The SMILES string of the molecule is COc1cc(CNC(=O)CCCC/C=C/C(C)C)ccc1O.Cc1ccc(C(C)C)cc1O.OCc1ccccc1.[CH3]. The first-order valence-electron chi connectivity index (χ1n) is 14.3. The highest BCUT2D eigenvalue weighted by atomic mass is 16.5. The number of unbranched alkanes of at least 4 members (excludes halogenated alkanes) is 2. The van der Waals surface area contributed by atoms with E-state index in [1.54, 1.807) is 18.2 Å². The number of allylic oxidation sites excluding steroid dienone is 2. The van der Waals surface area contributed by atoms with E-state index in [1.807, 2.05) is 49.4 Å². The molecule has 0 atom stereocenters. The molecule has 0 bridgehead atoms. The summed E-state index contributed by atoms with van der Waals surface area (Å²) in [6.45, 7) is 11.0. The van der Waals surface area contributed by atoms with Gasteiger partial charge in [-0.2, -0.15) is 0 Å². The van der Waals surface area contributed by atoms with Crippen molar-refractivity contribution >= 4 is 5.91 Å². The minimum Gasteiger partial charge on any atom is -0.508 e. The van der Waals surface area contributed by atoms with Gasteiger partial charge in [0.05, 0.1) is 13.7 Å². The normalized spacial score (nSPS) is 10.3. The van der Waals surface area contributed by atoms with Crippen molar-refractivity contribution in [2.45, 2.75) is 79.4 Å². The number of phenols is 2. The van der Waals surface area contributed by atoms with Crippen molar-refractivity contribution in [3.8, 4) is 17.2 Å². The summed E-state index contributed by atoms with van der Waals surface area (Å²) in [4.78, 5) is 11.8. The van der Waals surface area contributed by atoms with Gasteiger partial charge in [0.1, 0.15) is 5.75 Å². The number of ether oxygens (including phenoxy) is 1. The molecule has 3 rings (SSSR count). The van der Waals surface area contributed by atoms with Crippen molar-refractivity contribution in [1.82, 2.24) is 5.32 Å². The molecule has 1 radical (unpaired) electrons. The van der Waals surface area contributed by atoms with E-state index in [1.165, 1.54) is 12.7 Å². The Hall–Kier alpha value is -3.77. The van der Waals surface area contributed by atoms with E-state index in [0.717, 1.165) is 36.0 Å². The second-order valence-electron chi connectivity index (χ2n) is 10.5. The van der Waals surface area contributed by atoms with Gasteiger partial charge >= 0.3 is 0 Å². The summed E-state index contributed by atoms with van der Waals surface area (Å²) >= 11 is 0. The lowest BCUT2D eigenvalue weighted by Crippen LogP contribution is -2.22. The number of nitrogens with one attached hydrogen (secondary N) is 1. The Morgan fingerprint density at radius 2 is 1.60 bits per heavy atom. The Morgan fingerprint density at radius 1 is 0.905 bits per heavy atom. The monoisotopic (exact) mass is 578 g/mol. The van der Waals surface area contributed by atoms with Crippen LogP contribution in [0.3, 0.4) is 0 Å². The van der Waals surface area contributed by atoms with Crippen LogP contribution in [0.1, 0.15) is 81.5 Å². The molecule has 0 aromatic heterocycles. The third kappa shape index (κ3) is 16.5. The zero-order valence-corrected chi connectivity index (χ0v) is 26.6. The molecule has 42 heavy (non-hydrogen) atoms. The van der Waals surface area contributed by atoms with Crippen molar-refractivity contribution in [1.29, 1.82) is 0 Å². The van der Waals surface area contributed by atoms with Crippen molar-refractivity contribution in [2.75, 3.05) is 7.11 Å². The third-order valence-electron chi connectivity index (χ3n) is 6.20. The van der Waals surface area contributed by atoms with E-state index in [9.17, 15) is 15.0 Å². The summed E-state index contributed by atoms with van der Waals surface area (Å²) in [6.07, 6.45) is 7.88. The predicted molar refractivity (Wildman–Crippen MR) is 175 cm³/mol. The van der Waals surface area contributed by atoms with Crippen LogP contribution in [-0.2, 0) is 17.9 Å². The number of methoxy groups -OCH3 is 1. The largest absolute Gasteiger partial charge is 0.508 e. The molecule has 0 aliphatic heterocycles. The Balaban J connectivity index is 0.000000693. The van der Waals surface area contributed by atoms with Gasteiger partial charge in [0.15, 0.2) is 11.5 Å². The van der Waals surface area contributed by atoms with Gasteiger partial charge in [0.25, 0.3) is 0 Å². The number of carbonyl (C=O) groups is 1. The van der Waals surface area contributed by atoms with Crippen LogP contribution in [0.4, 0.5) is 0 Å². The van der Waals surface area contributed by atoms with Crippen LogP contribution in [0.25, 0.3) is 0 Å². The second-order valence-corrected chi connectivity index (χ2v) is 10.5. The van der Waals surface area contributed by atoms with Crippen LogP contribution < -0.4 is 10.1 Å². The maximum atomic E-state index is 11.8. The van der Waals surface area contributed by atoms with Gasteiger partial charge in [0.2, 0.25) is 5.91 Å². The first kappa shape index (κ1) is 38.2. The highest BCUT2D eigenvalue weighted by molar-refractivity contribution is 5.75. The van der Waals surface area contributed by atoms with Crippen LogP contribution in [0.2, 0.25) is 0 Å². The lowest BCUT2D eigenvalue weighted by atomic mass is 10.0. The second kappa shape index (κ2) is 21.9. The van der Waals surface area contributed by atoms with Gasteiger partial charge in [-0.15, -0.1) is 0 Å². The molecule has 6 heteroatoms. The zero-order valence-electron chi connectivity index (χ0n) is 26.6. The predicted octanol–water partition coefficient (Wildman–Crippen LogP) is 8.24. The fourth-order valence-electron chi connectivity index (χ4n) is 3.61. The fraction of sp³-hybridized carbons (Fsp3) is 0.389. The lowest BCUT2D eigenvalue weighted by molar-refractivity contribution is -0.121. The van der Waals surface area contributed by atoms with E-state index in [0.29, 0.717) is 36.3 Å². The first-order valence-corrected chi connectivity index (χ1v) is 14.3. The molecule has 0 aliphatic carbocycles. The summed E-state index contributed by atoms with van der Waals surface area (Å²) < 4.78 is 5.04. The van der Waals surface area contributed by atoms with Gasteiger partial charge in [0, 0.05) is 13.0 Å². The Kier molecular flexibility index (Phi) is 19.9. The standard InChI is InChI=1S/C18H27NO3.C10H14O.C7H8O.CH3/c1-14(2)8-6-4-5-7-9-18(21)19-13-15-10-11-16(20)17(12-15)22-3;1-7(2)9-5-4-8(3)10(11)6-9;8-6-7-4-2-1-3-5-7;/h6,8,10-12,14,20H,4-5,7,9,13H2,1-3H3,(H,19,21);4-7,11H,1-3H3;1-5,8H,6H2;1H3/b8-6+;;;. The molecule has 0 saturated carbocycles. The molecule has 231 valence electrons. The van der Waals surface area contributed by atoms with Gasteiger partial charge in [-0.3, -0.25) is 4.79 Å². The zero-order chi connectivity index (χ0) is 30.6. The molecule has 0 fully saturated rings. The van der Waals surface area contributed by atoms with E-state index < -0.39 is 0 Å². The number of benzene rings is 3. The number of aromatic hydroxyl groups is 2. The Bertz CT molecular complexity index is 1170. The fourth-order valence-corrected chi connectivity index (χ4v) is 3.61. The number of hydrogen-bond acceptors (Lipinski definition) is 5. The van der Waals surface area contributed by atoms with E-state index in [2.05, 4.69) is 51.2 Å². The molecule has 4 N–H and O–H groups in total. The molecule has 0 aliphatic rings. The third-order valence-corrected chi connectivity index (χ3v) is 6.20. The number of aryl methyl sites for hydroxylation is 1. The number of amides is 1. The van der Waals surface area contributed by atoms with Crippen LogP contribution in [0, 0.1) is 20.3 Å². The number of aliphatic hydroxyl groups excluding tert-OH is 1. The van der Waals surface area contributed by atoms with E-state index in [-0.39, 0.29) is 25.7 Å². The summed E-state index contributed by atoms with van der Waals surface area (Å²) in [5, 5.41) is 30.3. The summed E-state index contributed by atoms with van der Waals surface area (Å²) in [7, 11) is 1.51. The first-order chi connectivity index (χ1) is 19.6. The highest BCUT2D eigenvalue weighted by Crippen LogP contribution is 2.26. The molecule has 6 nitrogen and oxygen atoms in total. The minimum absolute atomic E-state index is 0. The topological polar surface area (TPSA) is 99.0 Å². The number of rotatable bonds is 11. The van der Waals surface area contributed by atoms with Crippen LogP contribution in [0.5, 0.6) is 17.2 Å². The summed E-state index contributed by atoms with van der Waals surface area (Å²) in [5.74, 6) is 2.05. The molecular formula is C36H52NO5. The van der Waals surface area contributed by atoms with Crippen molar-refractivity contribution in [3.05, 3.63) is 109 Å². The highest BCUT2D eigenvalue weighted by Gasteiger charge is 2.05. The molecule has 3 aromatic rings. The molecule has 0 saturated heterocycles. The number of hydrogen-bond donors (Lipinski definition) is 4. The lowest BCUT2D eigenvalue weighted by Gasteiger charge is -2.08.